The first-order valence-electron chi connectivity index (χ1n) is 14.9. The van der Waals surface area contributed by atoms with Gasteiger partial charge in [0, 0.05) is 25.0 Å². The summed E-state index contributed by atoms with van der Waals surface area (Å²) in [5, 5.41) is 10.7. The lowest BCUT2D eigenvalue weighted by atomic mass is 10.0. The number of aryl methyl sites for hydroxylation is 3. The number of hydrogen-bond donors (Lipinski definition) is 2. The molecule has 4 rings (SSSR count). The van der Waals surface area contributed by atoms with Gasteiger partial charge in [0.2, 0.25) is 11.0 Å². The molecule has 0 radical (unpaired) electrons. The van der Waals surface area contributed by atoms with Crippen molar-refractivity contribution in [2.24, 2.45) is 0 Å². The van der Waals surface area contributed by atoms with Gasteiger partial charge in [-0.25, -0.2) is 18.0 Å². The summed E-state index contributed by atoms with van der Waals surface area (Å²) < 4.78 is 65.3. The van der Waals surface area contributed by atoms with Crippen molar-refractivity contribution in [1.29, 1.82) is 0 Å². The summed E-state index contributed by atoms with van der Waals surface area (Å²) >= 11 is 0. The number of rotatable bonds is 14. The van der Waals surface area contributed by atoms with E-state index in [-0.39, 0.29) is 29.2 Å². The van der Waals surface area contributed by atoms with E-state index in [0.29, 0.717) is 63.8 Å². The smallest absolute Gasteiger partial charge is 0.345 e. The average molecular weight is 673 g/mol. The van der Waals surface area contributed by atoms with E-state index in [1.807, 2.05) is 67.2 Å². The molecular weight excluding hydrogens is 633 g/mol. The number of aromatic nitrogens is 1. The van der Waals surface area contributed by atoms with Gasteiger partial charge in [-0.05, 0) is 49.2 Å². The molecule has 46 heavy (non-hydrogen) atoms. The minimum atomic E-state index is -4.06. The summed E-state index contributed by atoms with van der Waals surface area (Å²) in [4.78, 5) is 25.3. The van der Waals surface area contributed by atoms with Crippen LogP contribution in [0.4, 0.5) is 0 Å². The summed E-state index contributed by atoms with van der Waals surface area (Å²) in [6, 6.07) is 17.6. The molecule has 0 saturated heterocycles. The van der Waals surface area contributed by atoms with E-state index in [0.717, 1.165) is 11.0 Å². The molecule has 2 N–H and O–H groups in total. The van der Waals surface area contributed by atoms with E-state index in [2.05, 4.69) is 0 Å². The molecule has 0 aliphatic carbocycles. The molecule has 11 nitrogen and oxygen atoms in total. The minimum Gasteiger partial charge on any atom is -0.478 e. The summed E-state index contributed by atoms with van der Waals surface area (Å²) in [5.41, 5.74) is 2.96. The topological polar surface area (TPSA) is 156 Å². The van der Waals surface area contributed by atoms with Gasteiger partial charge >= 0.3 is 11.9 Å². The van der Waals surface area contributed by atoms with Gasteiger partial charge in [-0.3, -0.25) is 4.55 Å². The number of pyridine rings is 1. The summed E-state index contributed by atoms with van der Waals surface area (Å²) in [6.07, 6.45) is 0.553. The standard InChI is InChI=1S/C33H38N2O9S2/c1-23-21-25(32(36)37)22-24(2)31(23)44-33(38)30-26-11-5-7-13-28(26)34(29-14-8-6-12-27(29)30)15-9-18-45(39,40)20-17-35(3,4)16-10-19-46(41,42)43/h5-8,11-14,21-22H,9-10,15-20H2,1-4H3/p+2. The second-order valence-corrected chi connectivity index (χ2v) is 16.1. The molecule has 0 spiro atoms. The lowest BCUT2D eigenvalue weighted by Gasteiger charge is -2.29. The zero-order valence-corrected chi connectivity index (χ0v) is 28.0. The van der Waals surface area contributed by atoms with Crippen LogP contribution in [0.2, 0.25) is 0 Å². The molecule has 13 heteroatoms. The number of hydrogen-bond acceptors (Lipinski definition) is 7. The third kappa shape index (κ3) is 8.66. The SMILES string of the molecule is Cc1cc(C(=O)O)cc(C)c1OC(=O)c1c2ccccc2[n+](CCCS(=O)(=O)CC[N+](C)(C)CCCS(=O)(=O)O)c2ccccc12. The molecule has 1 heterocycles. The molecule has 3 aromatic carbocycles. The number of carbonyl (C=O) groups is 2. The first-order chi connectivity index (χ1) is 21.5. The Balaban J connectivity index is 1.57. The van der Waals surface area contributed by atoms with E-state index < -0.39 is 31.9 Å². The fourth-order valence-electron chi connectivity index (χ4n) is 5.67. The largest absolute Gasteiger partial charge is 0.478 e. The van der Waals surface area contributed by atoms with Gasteiger partial charge in [-0.2, -0.15) is 13.0 Å². The third-order valence-electron chi connectivity index (χ3n) is 8.04. The van der Waals surface area contributed by atoms with Crippen LogP contribution < -0.4 is 9.30 Å². The van der Waals surface area contributed by atoms with Gasteiger partial charge in [0.05, 0.1) is 66.3 Å². The molecule has 4 aromatic rings. The zero-order valence-electron chi connectivity index (χ0n) is 26.4. The number of esters is 1. The fourth-order valence-corrected chi connectivity index (χ4v) is 7.71. The maximum absolute atomic E-state index is 13.8. The minimum absolute atomic E-state index is 0.0532. The highest BCUT2D eigenvalue weighted by Crippen LogP contribution is 2.30. The Bertz CT molecular complexity index is 1940. The van der Waals surface area contributed by atoms with Crippen LogP contribution in [0.15, 0.2) is 60.7 Å². The predicted molar refractivity (Wildman–Crippen MR) is 176 cm³/mol. The molecule has 246 valence electrons. The molecular formula is C33H40N2O9S2+2. The summed E-state index contributed by atoms with van der Waals surface area (Å²) in [5.74, 6) is -1.84. The number of nitrogens with zero attached hydrogens (tertiary/aromatic N) is 2. The highest BCUT2D eigenvalue weighted by molar-refractivity contribution is 7.91. The highest BCUT2D eigenvalue weighted by atomic mass is 32.2. The number of ether oxygens (including phenoxy) is 1. The monoisotopic (exact) mass is 672 g/mol. The van der Waals surface area contributed by atoms with E-state index in [9.17, 15) is 31.5 Å². The van der Waals surface area contributed by atoms with Crippen molar-refractivity contribution in [2.45, 2.75) is 33.2 Å². The predicted octanol–water partition coefficient (Wildman–Crippen LogP) is 3.97. The zero-order chi connectivity index (χ0) is 33.9. The second kappa shape index (κ2) is 13.8. The van der Waals surface area contributed by atoms with Crippen molar-refractivity contribution in [3.63, 3.8) is 0 Å². The number of para-hydroxylation sites is 2. The second-order valence-electron chi connectivity index (χ2n) is 12.2. The Morgan fingerprint density at radius 2 is 1.35 bits per heavy atom. The fraction of sp³-hybridized carbons (Fsp3) is 0.364. The summed E-state index contributed by atoms with van der Waals surface area (Å²) in [7, 11) is -3.83. The number of quaternary nitrogens is 1. The maximum atomic E-state index is 13.8. The molecule has 0 fully saturated rings. The Hall–Kier alpha value is -3.91. The van der Waals surface area contributed by atoms with E-state index in [4.69, 9.17) is 9.29 Å². The Labute approximate surface area is 269 Å². The van der Waals surface area contributed by atoms with Gasteiger partial charge in [-0.1, -0.05) is 24.3 Å². The number of benzene rings is 3. The van der Waals surface area contributed by atoms with Gasteiger partial charge in [0.15, 0.2) is 16.4 Å². The van der Waals surface area contributed by atoms with Gasteiger partial charge in [0.1, 0.15) is 5.75 Å². The maximum Gasteiger partial charge on any atom is 0.345 e. The van der Waals surface area contributed by atoms with Crippen molar-refractivity contribution >= 4 is 53.7 Å². The number of fused-ring (bicyclic) bond motifs is 2. The van der Waals surface area contributed by atoms with Crippen LogP contribution in [0.5, 0.6) is 5.75 Å². The molecule has 0 unspecified atom stereocenters. The Morgan fingerprint density at radius 1 is 0.804 bits per heavy atom. The average Bonchev–Trinajstić information content (AvgIpc) is 2.96. The van der Waals surface area contributed by atoms with Crippen molar-refractivity contribution in [3.05, 3.63) is 82.9 Å². The van der Waals surface area contributed by atoms with Crippen LogP contribution in [0.3, 0.4) is 0 Å². The van der Waals surface area contributed by atoms with Crippen molar-refractivity contribution in [2.75, 3.05) is 44.4 Å². The van der Waals surface area contributed by atoms with Crippen molar-refractivity contribution in [1.82, 2.24) is 0 Å². The molecule has 0 saturated carbocycles. The Kier molecular flexibility index (Phi) is 10.5. The number of carbonyl (C=O) groups excluding carboxylic acids is 1. The molecule has 0 amide bonds. The van der Waals surface area contributed by atoms with Gasteiger partial charge in [-0.15, -0.1) is 0 Å². The van der Waals surface area contributed by atoms with Gasteiger partial charge < -0.3 is 14.3 Å². The first-order valence-corrected chi connectivity index (χ1v) is 18.3. The lowest BCUT2D eigenvalue weighted by Crippen LogP contribution is -2.44. The molecule has 0 atom stereocenters. The number of sulfone groups is 1. The quantitative estimate of drug-likeness (QED) is 0.0505. The van der Waals surface area contributed by atoms with Crippen molar-refractivity contribution < 1.29 is 49.9 Å². The molecule has 0 aliphatic heterocycles. The van der Waals surface area contributed by atoms with Crippen LogP contribution in [-0.4, -0.2) is 87.4 Å². The van der Waals surface area contributed by atoms with E-state index >= 15 is 0 Å². The van der Waals surface area contributed by atoms with E-state index in [1.54, 1.807) is 13.8 Å². The van der Waals surface area contributed by atoms with Gasteiger partial charge in [0.25, 0.3) is 10.1 Å². The van der Waals surface area contributed by atoms with Crippen LogP contribution in [0, 0.1) is 13.8 Å². The molecule has 0 aliphatic rings. The van der Waals surface area contributed by atoms with Crippen LogP contribution in [-0.2, 0) is 26.5 Å². The first kappa shape index (κ1) is 35.0. The normalized spacial score (nSPS) is 12.5. The third-order valence-corrected chi connectivity index (χ3v) is 10.6. The van der Waals surface area contributed by atoms with Crippen molar-refractivity contribution in [3.8, 4) is 5.75 Å². The summed E-state index contributed by atoms with van der Waals surface area (Å²) in [6.45, 7) is 4.47. The van der Waals surface area contributed by atoms with E-state index in [1.165, 1.54) is 12.1 Å². The van der Waals surface area contributed by atoms with Crippen LogP contribution in [0.1, 0.15) is 44.7 Å². The molecule has 1 aromatic heterocycles. The van der Waals surface area contributed by atoms with Crippen LogP contribution >= 0.6 is 0 Å². The number of aromatic carboxylic acids is 1. The van der Waals surface area contributed by atoms with Crippen LogP contribution in [0.25, 0.3) is 21.8 Å². The lowest BCUT2D eigenvalue weighted by molar-refractivity contribution is -0.887. The highest BCUT2D eigenvalue weighted by Gasteiger charge is 2.27. The Morgan fingerprint density at radius 3 is 1.87 bits per heavy atom. The molecule has 0 bridgehead atoms. The number of carboxylic acid groups (broad SMARTS) is 1. The number of carboxylic acids is 1.